The molecule has 0 N–H and O–H groups in total. The molecule has 2 heteroatoms. The average molecular weight is 209 g/mol. The molecule has 0 spiro atoms. The normalized spacial score (nSPS) is 29.5. The average Bonchev–Trinajstić information content (AvgIpc) is 2.71. The van der Waals surface area contributed by atoms with Crippen LogP contribution in [0.2, 0.25) is 0 Å². The summed E-state index contributed by atoms with van der Waals surface area (Å²) in [5.41, 5.74) is 0. The number of piperidine rings is 1. The van der Waals surface area contributed by atoms with Crippen molar-refractivity contribution in [2.75, 3.05) is 13.1 Å². The Bertz CT molecular complexity index is 221. The van der Waals surface area contributed by atoms with Crippen LogP contribution >= 0.6 is 0 Å². The molecule has 0 bridgehead atoms. The SMILES string of the molecule is CC(=O)C1CCCCN1CC1CCCC1. The highest BCUT2D eigenvalue weighted by Gasteiger charge is 2.28. The van der Waals surface area contributed by atoms with Crippen molar-refractivity contribution in [3.8, 4) is 0 Å². The third-order valence-corrected chi connectivity index (χ3v) is 4.05. The van der Waals surface area contributed by atoms with E-state index in [1.165, 1.54) is 45.1 Å². The molecule has 1 unspecified atom stereocenters. The van der Waals surface area contributed by atoms with Gasteiger partial charge < -0.3 is 0 Å². The van der Waals surface area contributed by atoms with Gasteiger partial charge in [0.05, 0.1) is 6.04 Å². The molecular weight excluding hydrogens is 186 g/mol. The van der Waals surface area contributed by atoms with Gasteiger partial charge in [0, 0.05) is 6.54 Å². The van der Waals surface area contributed by atoms with Crippen LogP contribution in [0, 0.1) is 5.92 Å². The van der Waals surface area contributed by atoms with Crippen LogP contribution in [-0.2, 0) is 4.79 Å². The maximum atomic E-state index is 11.5. The maximum Gasteiger partial charge on any atom is 0.146 e. The highest BCUT2D eigenvalue weighted by Crippen LogP contribution is 2.28. The Hall–Kier alpha value is -0.370. The predicted octanol–water partition coefficient (Wildman–Crippen LogP) is 2.62. The summed E-state index contributed by atoms with van der Waals surface area (Å²) in [6.45, 7) is 4.10. The van der Waals surface area contributed by atoms with Gasteiger partial charge in [-0.2, -0.15) is 0 Å². The molecule has 0 aromatic carbocycles. The molecule has 1 heterocycles. The second kappa shape index (κ2) is 5.11. The van der Waals surface area contributed by atoms with Crippen molar-refractivity contribution in [1.82, 2.24) is 4.90 Å². The number of hydrogen-bond donors (Lipinski definition) is 0. The summed E-state index contributed by atoms with van der Waals surface area (Å²) in [5, 5.41) is 0. The third kappa shape index (κ3) is 2.81. The molecule has 86 valence electrons. The maximum absolute atomic E-state index is 11.5. The van der Waals surface area contributed by atoms with Gasteiger partial charge in [-0.3, -0.25) is 9.69 Å². The van der Waals surface area contributed by atoms with Gasteiger partial charge in [-0.05, 0) is 45.1 Å². The molecule has 2 rings (SSSR count). The van der Waals surface area contributed by atoms with E-state index in [-0.39, 0.29) is 6.04 Å². The molecule has 15 heavy (non-hydrogen) atoms. The molecule has 1 saturated heterocycles. The molecule has 1 aliphatic heterocycles. The fourth-order valence-corrected chi connectivity index (χ4v) is 3.19. The quantitative estimate of drug-likeness (QED) is 0.712. The lowest BCUT2D eigenvalue weighted by Gasteiger charge is -2.35. The minimum Gasteiger partial charge on any atom is -0.298 e. The van der Waals surface area contributed by atoms with E-state index < -0.39 is 0 Å². The molecule has 2 aliphatic rings. The molecule has 2 fully saturated rings. The number of ketones is 1. The summed E-state index contributed by atoms with van der Waals surface area (Å²) in [7, 11) is 0. The number of nitrogens with zero attached hydrogens (tertiary/aromatic N) is 1. The van der Waals surface area contributed by atoms with E-state index in [1.807, 2.05) is 0 Å². The zero-order valence-electron chi connectivity index (χ0n) is 9.87. The first-order valence-corrected chi connectivity index (χ1v) is 6.52. The summed E-state index contributed by atoms with van der Waals surface area (Å²) < 4.78 is 0. The standard InChI is InChI=1S/C13H23NO/c1-11(15)13-8-4-5-9-14(13)10-12-6-2-3-7-12/h12-13H,2-10H2,1H3. The van der Waals surface area contributed by atoms with Crippen molar-refractivity contribution < 1.29 is 4.79 Å². The zero-order valence-corrected chi connectivity index (χ0v) is 9.87. The minimum absolute atomic E-state index is 0.249. The lowest BCUT2D eigenvalue weighted by Crippen LogP contribution is -2.45. The lowest BCUT2D eigenvalue weighted by molar-refractivity contribution is -0.123. The second-order valence-electron chi connectivity index (χ2n) is 5.27. The van der Waals surface area contributed by atoms with Crippen molar-refractivity contribution >= 4 is 5.78 Å². The number of hydrogen-bond acceptors (Lipinski definition) is 2. The largest absolute Gasteiger partial charge is 0.298 e. The summed E-state index contributed by atoms with van der Waals surface area (Å²) in [6, 6.07) is 0.249. The van der Waals surface area contributed by atoms with E-state index in [0.717, 1.165) is 18.9 Å². The number of Topliss-reactive ketones (excluding diaryl/α,β-unsaturated/α-hetero) is 1. The Morgan fingerprint density at radius 3 is 2.47 bits per heavy atom. The molecule has 0 aromatic heterocycles. The van der Waals surface area contributed by atoms with Crippen molar-refractivity contribution in [2.45, 2.75) is 57.9 Å². The van der Waals surface area contributed by atoms with Crippen LogP contribution in [0.25, 0.3) is 0 Å². The summed E-state index contributed by atoms with van der Waals surface area (Å²) in [6.07, 6.45) is 9.22. The fraction of sp³-hybridized carbons (Fsp3) is 0.923. The van der Waals surface area contributed by atoms with Crippen LogP contribution in [0.3, 0.4) is 0 Å². The van der Waals surface area contributed by atoms with Crippen LogP contribution in [0.15, 0.2) is 0 Å². The molecular formula is C13H23NO. The van der Waals surface area contributed by atoms with E-state index in [9.17, 15) is 4.79 Å². The van der Waals surface area contributed by atoms with Gasteiger partial charge in [-0.25, -0.2) is 0 Å². The number of carbonyl (C=O) groups excluding carboxylic acids is 1. The first-order chi connectivity index (χ1) is 7.27. The van der Waals surface area contributed by atoms with Gasteiger partial charge in [-0.15, -0.1) is 0 Å². The minimum atomic E-state index is 0.249. The van der Waals surface area contributed by atoms with E-state index in [2.05, 4.69) is 4.90 Å². The van der Waals surface area contributed by atoms with Gasteiger partial charge in [0.25, 0.3) is 0 Å². The Morgan fingerprint density at radius 2 is 1.80 bits per heavy atom. The van der Waals surface area contributed by atoms with E-state index in [1.54, 1.807) is 6.92 Å². The van der Waals surface area contributed by atoms with Gasteiger partial charge in [0.15, 0.2) is 0 Å². The Kier molecular flexibility index (Phi) is 3.79. The number of likely N-dealkylation sites (tertiary alicyclic amines) is 1. The lowest BCUT2D eigenvalue weighted by atomic mass is 9.97. The first kappa shape index (κ1) is 11.1. The van der Waals surface area contributed by atoms with Gasteiger partial charge in [0.2, 0.25) is 0 Å². The molecule has 2 nitrogen and oxygen atoms in total. The van der Waals surface area contributed by atoms with Crippen LogP contribution in [0.1, 0.15) is 51.9 Å². The molecule has 1 saturated carbocycles. The summed E-state index contributed by atoms with van der Waals surface area (Å²) in [5.74, 6) is 1.26. The highest BCUT2D eigenvalue weighted by atomic mass is 16.1. The molecule has 0 radical (unpaired) electrons. The Morgan fingerprint density at radius 1 is 1.13 bits per heavy atom. The van der Waals surface area contributed by atoms with Crippen LogP contribution in [0.4, 0.5) is 0 Å². The first-order valence-electron chi connectivity index (χ1n) is 6.52. The second-order valence-corrected chi connectivity index (χ2v) is 5.27. The van der Waals surface area contributed by atoms with E-state index in [0.29, 0.717) is 5.78 Å². The van der Waals surface area contributed by atoms with Gasteiger partial charge >= 0.3 is 0 Å². The molecule has 0 aromatic rings. The van der Waals surface area contributed by atoms with Crippen LogP contribution in [-0.4, -0.2) is 29.8 Å². The third-order valence-electron chi connectivity index (χ3n) is 4.05. The topological polar surface area (TPSA) is 20.3 Å². The number of rotatable bonds is 3. The van der Waals surface area contributed by atoms with Crippen molar-refractivity contribution in [3.63, 3.8) is 0 Å². The number of carbonyl (C=O) groups is 1. The predicted molar refractivity (Wildman–Crippen MR) is 61.9 cm³/mol. The molecule has 0 amide bonds. The van der Waals surface area contributed by atoms with Crippen molar-refractivity contribution in [1.29, 1.82) is 0 Å². The van der Waals surface area contributed by atoms with Gasteiger partial charge in [-0.1, -0.05) is 19.3 Å². The molecule has 1 aliphatic carbocycles. The van der Waals surface area contributed by atoms with Crippen LogP contribution in [0.5, 0.6) is 0 Å². The van der Waals surface area contributed by atoms with Crippen molar-refractivity contribution in [3.05, 3.63) is 0 Å². The van der Waals surface area contributed by atoms with Crippen LogP contribution < -0.4 is 0 Å². The van der Waals surface area contributed by atoms with Gasteiger partial charge in [0.1, 0.15) is 5.78 Å². The Balaban J connectivity index is 1.89. The monoisotopic (exact) mass is 209 g/mol. The summed E-state index contributed by atoms with van der Waals surface area (Å²) in [4.78, 5) is 14.0. The smallest absolute Gasteiger partial charge is 0.146 e. The van der Waals surface area contributed by atoms with E-state index in [4.69, 9.17) is 0 Å². The fourth-order valence-electron chi connectivity index (χ4n) is 3.19. The van der Waals surface area contributed by atoms with E-state index >= 15 is 0 Å². The Labute approximate surface area is 93.0 Å². The van der Waals surface area contributed by atoms with Crippen molar-refractivity contribution in [2.24, 2.45) is 5.92 Å². The zero-order chi connectivity index (χ0) is 10.7. The highest BCUT2D eigenvalue weighted by molar-refractivity contribution is 5.81. The molecule has 1 atom stereocenters. The summed E-state index contributed by atoms with van der Waals surface area (Å²) >= 11 is 0.